The van der Waals surface area contributed by atoms with Crippen LogP contribution in [0.5, 0.6) is 11.5 Å². The maximum atomic E-state index is 12.8. The zero-order valence-corrected chi connectivity index (χ0v) is 18.9. The molecule has 5 nitrogen and oxygen atoms in total. The Morgan fingerprint density at radius 1 is 1.14 bits per heavy atom. The number of imide groups is 1. The number of hydrogen-bond donors (Lipinski definition) is 0. The maximum Gasteiger partial charge on any atom is 0.293 e. The summed E-state index contributed by atoms with van der Waals surface area (Å²) < 4.78 is 12.0. The summed E-state index contributed by atoms with van der Waals surface area (Å²) in [4.78, 5) is 26.8. The van der Waals surface area contributed by atoms with E-state index in [0.29, 0.717) is 28.9 Å². The number of benzene rings is 2. The van der Waals surface area contributed by atoms with Crippen LogP contribution in [0.4, 0.5) is 4.79 Å². The van der Waals surface area contributed by atoms with Gasteiger partial charge in [-0.15, -0.1) is 0 Å². The molecule has 29 heavy (non-hydrogen) atoms. The topological polar surface area (TPSA) is 55.8 Å². The lowest BCUT2D eigenvalue weighted by Gasteiger charge is -2.14. The van der Waals surface area contributed by atoms with Crippen LogP contribution in [0.15, 0.2) is 51.8 Å². The van der Waals surface area contributed by atoms with Gasteiger partial charge in [-0.05, 0) is 53.1 Å². The molecular weight excluding hydrogens is 454 g/mol. The van der Waals surface area contributed by atoms with Crippen molar-refractivity contribution >= 4 is 44.9 Å². The summed E-state index contributed by atoms with van der Waals surface area (Å²) in [6.07, 6.45) is 1.71. The molecule has 0 saturated carbocycles. The number of amides is 2. The van der Waals surface area contributed by atoms with Gasteiger partial charge in [-0.1, -0.05) is 54.0 Å². The van der Waals surface area contributed by atoms with Gasteiger partial charge in [0.25, 0.3) is 11.1 Å². The minimum absolute atomic E-state index is 0.231. The molecule has 152 valence electrons. The second-order valence-electron chi connectivity index (χ2n) is 6.97. The number of hydrogen-bond acceptors (Lipinski definition) is 5. The highest BCUT2D eigenvalue weighted by atomic mass is 79.9. The average Bonchev–Trinajstić information content (AvgIpc) is 2.95. The Balaban J connectivity index is 1.79. The van der Waals surface area contributed by atoms with E-state index in [1.54, 1.807) is 19.3 Å². The van der Waals surface area contributed by atoms with Gasteiger partial charge >= 0.3 is 0 Å². The Bertz CT molecular complexity index is 958. The first-order valence-corrected chi connectivity index (χ1v) is 10.8. The van der Waals surface area contributed by atoms with E-state index in [1.165, 1.54) is 4.90 Å². The van der Waals surface area contributed by atoms with Crippen molar-refractivity contribution in [2.75, 3.05) is 13.7 Å². The summed E-state index contributed by atoms with van der Waals surface area (Å²) in [5.41, 5.74) is 1.65. The Morgan fingerprint density at radius 2 is 1.90 bits per heavy atom. The first-order valence-electron chi connectivity index (χ1n) is 9.18. The zero-order valence-electron chi connectivity index (χ0n) is 16.5. The highest BCUT2D eigenvalue weighted by Gasteiger charge is 2.35. The maximum absolute atomic E-state index is 12.8. The van der Waals surface area contributed by atoms with E-state index < -0.39 is 0 Å². The molecule has 7 heteroatoms. The van der Waals surface area contributed by atoms with Crippen LogP contribution in [0.3, 0.4) is 0 Å². The van der Waals surface area contributed by atoms with Crippen LogP contribution in [0.1, 0.15) is 25.0 Å². The summed E-state index contributed by atoms with van der Waals surface area (Å²) in [6.45, 7) is 4.97. The fourth-order valence-electron chi connectivity index (χ4n) is 2.73. The van der Waals surface area contributed by atoms with Gasteiger partial charge in [0.05, 0.1) is 25.2 Å². The summed E-state index contributed by atoms with van der Waals surface area (Å²) in [5.74, 6) is 1.35. The summed E-state index contributed by atoms with van der Waals surface area (Å²) in [6, 6.07) is 13.0. The molecule has 0 radical (unpaired) electrons. The van der Waals surface area contributed by atoms with E-state index in [-0.39, 0.29) is 17.7 Å². The minimum Gasteiger partial charge on any atom is -0.493 e. The lowest BCUT2D eigenvalue weighted by molar-refractivity contribution is -0.123. The number of carbonyl (C=O) groups is 2. The van der Waals surface area contributed by atoms with E-state index in [1.807, 2.05) is 36.4 Å². The Hall–Kier alpha value is -2.25. The molecule has 1 saturated heterocycles. The van der Waals surface area contributed by atoms with Crippen LogP contribution in [-0.2, 0) is 11.3 Å². The molecule has 1 aliphatic heterocycles. The van der Waals surface area contributed by atoms with E-state index >= 15 is 0 Å². The molecule has 0 spiro atoms. The van der Waals surface area contributed by atoms with Crippen molar-refractivity contribution in [3.8, 4) is 11.5 Å². The molecule has 2 amide bonds. The number of carbonyl (C=O) groups excluding carboxylic acids is 2. The van der Waals surface area contributed by atoms with E-state index in [2.05, 4.69) is 29.8 Å². The molecule has 0 aliphatic carbocycles. The average molecular weight is 476 g/mol. The van der Waals surface area contributed by atoms with Crippen molar-refractivity contribution in [1.29, 1.82) is 0 Å². The van der Waals surface area contributed by atoms with Crippen molar-refractivity contribution < 1.29 is 19.1 Å². The molecule has 3 rings (SSSR count). The van der Waals surface area contributed by atoms with Gasteiger partial charge < -0.3 is 9.47 Å². The minimum atomic E-state index is -0.296. The predicted octanol–water partition coefficient (Wildman–Crippen LogP) is 5.73. The number of halogens is 1. The molecule has 2 aromatic carbocycles. The smallest absolute Gasteiger partial charge is 0.293 e. The van der Waals surface area contributed by atoms with Crippen molar-refractivity contribution in [1.82, 2.24) is 4.90 Å². The van der Waals surface area contributed by atoms with Crippen LogP contribution in [0.25, 0.3) is 6.08 Å². The lowest BCUT2D eigenvalue weighted by Crippen LogP contribution is -2.27. The molecule has 1 aliphatic rings. The second-order valence-corrected chi connectivity index (χ2v) is 8.82. The molecule has 1 heterocycles. The van der Waals surface area contributed by atoms with Crippen molar-refractivity contribution in [2.45, 2.75) is 20.4 Å². The summed E-state index contributed by atoms with van der Waals surface area (Å²) >= 11 is 4.40. The van der Waals surface area contributed by atoms with E-state index in [9.17, 15) is 9.59 Å². The van der Waals surface area contributed by atoms with Gasteiger partial charge in [0, 0.05) is 4.47 Å². The molecule has 1 fully saturated rings. The molecule has 2 aromatic rings. The fraction of sp³-hybridized carbons (Fsp3) is 0.273. The molecule has 0 aromatic heterocycles. The quantitative estimate of drug-likeness (QED) is 0.478. The first kappa shape index (κ1) is 21.5. The van der Waals surface area contributed by atoms with Gasteiger partial charge in [-0.25, -0.2) is 0 Å². The Morgan fingerprint density at radius 3 is 2.59 bits per heavy atom. The molecule has 0 unspecified atom stereocenters. The van der Waals surface area contributed by atoms with Gasteiger partial charge in [-0.2, -0.15) is 0 Å². The van der Waals surface area contributed by atoms with Gasteiger partial charge in [0.15, 0.2) is 11.5 Å². The fourth-order valence-corrected chi connectivity index (χ4v) is 3.98. The van der Waals surface area contributed by atoms with Crippen LogP contribution < -0.4 is 9.47 Å². The predicted molar refractivity (Wildman–Crippen MR) is 119 cm³/mol. The highest BCUT2D eigenvalue weighted by Crippen LogP contribution is 2.36. The molecule has 0 atom stereocenters. The largest absolute Gasteiger partial charge is 0.493 e. The van der Waals surface area contributed by atoms with E-state index in [0.717, 1.165) is 27.4 Å². The standard InChI is InChI=1S/C22H22BrNO4S/c1-14(2)13-28-18-9-8-15(10-19(18)27-3)11-20-21(25)24(22(26)29-20)12-16-6-4-5-7-17(16)23/h4-11,14H,12-13H2,1-3H3/b20-11-. The molecular formula is C22H22BrNO4S. The monoisotopic (exact) mass is 475 g/mol. The van der Waals surface area contributed by atoms with Crippen molar-refractivity contribution in [3.05, 3.63) is 63.0 Å². The highest BCUT2D eigenvalue weighted by molar-refractivity contribution is 9.10. The lowest BCUT2D eigenvalue weighted by atomic mass is 10.1. The van der Waals surface area contributed by atoms with Gasteiger partial charge in [0.1, 0.15) is 0 Å². The normalized spacial score (nSPS) is 15.5. The molecule has 0 bridgehead atoms. The SMILES string of the molecule is COc1cc(/C=C2\SC(=O)N(Cc3ccccc3Br)C2=O)ccc1OCC(C)C. The number of thioether (sulfide) groups is 1. The third-order valence-electron chi connectivity index (χ3n) is 4.22. The van der Waals surface area contributed by atoms with Crippen molar-refractivity contribution in [2.24, 2.45) is 5.92 Å². The zero-order chi connectivity index (χ0) is 21.0. The number of nitrogens with zero attached hydrogens (tertiary/aromatic N) is 1. The van der Waals surface area contributed by atoms with Crippen LogP contribution in [-0.4, -0.2) is 29.8 Å². The summed E-state index contributed by atoms with van der Waals surface area (Å²) in [5, 5.41) is -0.277. The number of rotatable bonds is 7. The van der Waals surface area contributed by atoms with Gasteiger partial charge in [-0.3, -0.25) is 14.5 Å². The van der Waals surface area contributed by atoms with Crippen LogP contribution in [0.2, 0.25) is 0 Å². The van der Waals surface area contributed by atoms with Crippen LogP contribution in [0, 0.1) is 5.92 Å². The third kappa shape index (κ3) is 5.22. The Labute approximate surface area is 183 Å². The summed E-state index contributed by atoms with van der Waals surface area (Å²) in [7, 11) is 1.58. The second kappa shape index (κ2) is 9.50. The van der Waals surface area contributed by atoms with Crippen LogP contribution >= 0.6 is 27.7 Å². The third-order valence-corrected chi connectivity index (χ3v) is 5.90. The first-order chi connectivity index (χ1) is 13.9. The Kier molecular flexibility index (Phi) is 7.03. The number of ether oxygens (including phenoxy) is 2. The van der Waals surface area contributed by atoms with Crippen molar-refractivity contribution in [3.63, 3.8) is 0 Å². The molecule has 0 N–H and O–H groups in total. The van der Waals surface area contributed by atoms with E-state index in [4.69, 9.17) is 9.47 Å². The number of methoxy groups -OCH3 is 1. The van der Waals surface area contributed by atoms with Gasteiger partial charge in [0.2, 0.25) is 0 Å².